The van der Waals surface area contributed by atoms with E-state index in [4.69, 9.17) is 0 Å². The number of fused-ring (bicyclic) bond motifs is 12. The van der Waals surface area contributed by atoms with E-state index in [2.05, 4.69) is 309 Å². The van der Waals surface area contributed by atoms with Gasteiger partial charge < -0.3 is 0 Å². The van der Waals surface area contributed by atoms with Crippen LogP contribution in [0.1, 0.15) is 0 Å². The summed E-state index contributed by atoms with van der Waals surface area (Å²) in [5.74, 6) is 0. The van der Waals surface area contributed by atoms with Crippen LogP contribution in [-0.4, -0.2) is 32.9 Å². The molecule has 0 spiro atoms. The van der Waals surface area contributed by atoms with E-state index in [0.717, 1.165) is 45.5 Å². The number of aromatic nitrogens is 1. The Morgan fingerprint density at radius 2 is 0.725 bits per heavy atom. The van der Waals surface area contributed by atoms with Crippen LogP contribution in [0.3, 0.4) is 0 Å². The zero-order chi connectivity index (χ0) is 52.4. The molecule has 0 atom stereocenters. The van der Waals surface area contributed by atoms with Gasteiger partial charge >= 0.3 is 475 Å². The van der Waals surface area contributed by atoms with Gasteiger partial charge in [-0.3, -0.25) is 0 Å². The summed E-state index contributed by atoms with van der Waals surface area (Å²) in [5.41, 5.74) is 25.7. The third kappa shape index (κ3) is 6.67. The average Bonchev–Trinajstić information content (AvgIpc) is 2.90. The summed E-state index contributed by atoms with van der Waals surface area (Å²) in [6.45, 7) is -0.0777. The average molecular weight is 1080 g/mol. The van der Waals surface area contributed by atoms with Gasteiger partial charge in [0, 0.05) is 0 Å². The van der Waals surface area contributed by atoms with Crippen molar-refractivity contribution in [3.63, 3.8) is 0 Å². The first-order valence-electron chi connectivity index (χ1n) is 27.6. The topological polar surface area (TPSA) is 17.9 Å². The van der Waals surface area contributed by atoms with E-state index in [-0.39, 0.29) is 28.4 Å². The first kappa shape index (κ1) is 45.3. The number of hydrogen-bond donors (Lipinski definition) is 0. The van der Waals surface area contributed by atoms with Gasteiger partial charge in [-0.25, -0.2) is 0 Å². The zero-order valence-corrected chi connectivity index (χ0v) is 45.1. The monoisotopic (exact) mass is 1080 g/mol. The standard InChI is InChI=1S/C72H47B2N5Se/c1-7-25-48(26-8-1)75(49-27-9-2-10-28-49)54-43-64-69-65(44-54)79-61-40-22-19-37-56(61)68-71(79)59(73(69)57-38-20-23-41-62(57)77(64)52-33-15-5-16-34-52)47-60-72(68)80-67-46-55(76(50-29-11-3-12-30-50)51-31-13-4-14-32-51)45-66-70(67)74(60)58-39-21-24-42-63(58)78(66)53-35-17-6-18-36-53/h1-47H. The molecule has 13 aromatic rings. The summed E-state index contributed by atoms with van der Waals surface area (Å²) in [6, 6.07) is 106. The van der Waals surface area contributed by atoms with Crippen LogP contribution in [0.4, 0.5) is 68.2 Å². The van der Waals surface area contributed by atoms with Crippen molar-refractivity contribution in [3.05, 3.63) is 285 Å². The quantitative estimate of drug-likeness (QED) is 0.141. The maximum atomic E-state index is 2.69. The number of anilines is 12. The fourth-order valence-corrected chi connectivity index (χ4v) is 16.6. The Hall–Kier alpha value is -9.71. The first-order valence-corrected chi connectivity index (χ1v) is 29.3. The van der Waals surface area contributed by atoms with Crippen molar-refractivity contribution >= 4 is 160 Å². The Labute approximate surface area is 472 Å². The van der Waals surface area contributed by atoms with Gasteiger partial charge in [-0.1, -0.05) is 0 Å². The third-order valence-corrected chi connectivity index (χ3v) is 19.4. The van der Waals surface area contributed by atoms with E-state index >= 15 is 0 Å². The molecule has 4 aliphatic rings. The SMILES string of the molecule is c1ccc(N(c2ccccc2)c2cc3c4c(c2)N(c2ccccc2)c2ccccc2B4c2cc4c5c(c2[Se]3)c2ccccc2n5-c2cc(N(c3ccccc3)c3ccccc3)cc3c2B4c2ccccc2N3c2ccccc2)cc1. The normalized spacial score (nSPS) is 13.1. The molecule has 0 saturated carbocycles. The van der Waals surface area contributed by atoms with Crippen LogP contribution >= 0.6 is 0 Å². The molecule has 0 fully saturated rings. The van der Waals surface area contributed by atoms with Crippen molar-refractivity contribution in [2.75, 3.05) is 19.6 Å². The zero-order valence-electron chi connectivity index (χ0n) is 43.4. The number of rotatable bonds is 8. The molecule has 0 amide bonds. The molecule has 372 valence electrons. The van der Waals surface area contributed by atoms with E-state index in [1.54, 1.807) is 0 Å². The predicted molar refractivity (Wildman–Crippen MR) is 340 cm³/mol. The van der Waals surface area contributed by atoms with E-state index in [1.165, 1.54) is 91.9 Å². The molecule has 8 heteroatoms. The number of hydrogen-bond acceptors (Lipinski definition) is 4. The molecule has 80 heavy (non-hydrogen) atoms. The van der Waals surface area contributed by atoms with Crippen LogP contribution in [0.15, 0.2) is 285 Å². The number of para-hydroxylation sites is 9. The molecular formula is C72H47B2N5Se. The van der Waals surface area contributed by atoms with E-state index in [9.17, 15) is 0 Å². The Balaban J connectivity index is 0.990. The summed E-state index contributed by atoms with van der Waals surface area (Å²) in [7, 11) is 0. The second kappa shape index (κ2) is 17.9. The van der Waals surface area contributed by atoms with E-state index < -0.39 is 0 Å². The van der Waals surface area contributed by atoms with Gasteiger partial charge in [0.15, 0.2) is 0 Å². The second-order valence-corrected chi connectivity index (χ2v) is 23.4. The summed E-state index contributed by atoms with van der Waals surface area (Å²) < 4.78 is 5.53. The van der Waals surface area contributed by atoms with E-state index in [0.29, 0.717) is 0 Å². The van der Waals surface area contributed by atoms with Crippen molar-refractivity contribution < 1.29 is 0 Å². The van der Waals surface area contributed by atoms with Crippen LogP contribution < -0.4 is 61.3 Å². The van der Waals surface area contributed by atoms with Crippen molar-refractivity contribution in [2.45, 2.75) is 0 Å². The van der Waals surface area contributed by atoms with Gasteiger partial charge in [-0.2, -0.15) is 0 Å². The molecule has 0 radical (unpaired) electrons. The van der Waals surface area contributed by atoms with Gasteiger partial charge in [0.25, 0.3) is 0 Å². The molecule has 5 nitrogen and oxygen atoms in total. The predicted octanol–water partition coefficient (Wildman–Crippen LogP) is 12.6. The van der Waals surface area contributed by atoms with Gasteiger partial charge in [-0.15, -0.1) is 0 Å². The summed E-state index contributed by atoms with van der Waals surface area (Å²) >= 11 is -0.119. The Morgan fingerprint density at radius 1 is 0.312 bits per heavy atom. The first-order chi connectivity index (χ1) is 39.7. The van der Waals surface area contributed by atoms with Crippen LogP contribution in [0, 0.1) is 0 Å². The van der Waals surface area contributed by atoms with Gasteiger partial charge in [0.2, 0.25) is 0 Å². The van der Waals surface area contributed by atoms with Crippen LogP contribution in [0.5, 0.6) is 0 Å². The summed E-state index contributed by atoms with van der Waals surface area (Å²) in [4.78, 5) is 9.95. The molecule has 1 aromatic heterocycles. The van der Waals surface area contributed by atoms with Gasteiger partial charge in [0.05, 0.1) is 0 Å². The van der Waals surface area contributed by atoms with Crippen LogP contribution in [0.25, 0.3) is 27.5 Å². The van der Waals surface area contributed by atoms with Gasteiger partial charge in [0.1, 0.15) is 0 Å². The van der Waals surface area contributed by atoms with Crippen molar-refractivity contribution in [1.29, 1.82) is 0 Å². The minimum atomic E-state index is -0.119. The van der Waals surface area contributed by atoms with E-state index in [1.807, 2.05) is 0 Å². The molecular weight excluding hydrogens is 1040 g/mol. The molecule has 12 aromatic carbocycles. The van der Waals surface area contributed by atoms with Gasteiger partial charge in [-0.05, 0) is 0 Å². The maximum absolute atomic E-state index is 2.69. The Kier molecular flexibility index (Phi) is 10.2. The van der Waals surface area contributed by atoms with Crippen LogP contribution in [-0.2, 0) is 0 Å². The Morgan fingerprint density at radius 3 is 1.25 bits per heavy atom. The molecule has 4 aliphatic heterocycles. The third-order valence-electron chi connectivity index (χ3n) is 16.9. The fraction of sp³-hybridized carbons (Fsp3) is 0. The summed E-state index contributed by atoms with van der Waals surface area (Å²) in [6.07, 6.45) is 0. The molecule has 0 aliphatic carbocycles. The molecule has 5 heterocycles. The number of nitrogens with zero attached hydrogens (tertiary/aromatic N) is 5. The summed E-state index contributed by atoms with van der Waals surface area (Å²) in [5, 5.41) is 2.67. The molecule has 0 bridgehead atoms. The minimum absolute atomic E-state index is 0.0197. The van der Waals surface area contributed by atoms with Crippen molar-refractivity contribution in [3.8, 4) is 5.69 Å². The van der Waals surface area contributed by atoms with Crippen LogP contribution in [0.2, 0.25) is 0 Å². The second-order valence-electron chi connectivity index (χ2n) is 21.2. The molecule has 0 unspecified atom stereocenters. The fourth-order valence-electron chi connectivity index (χ4n) is 13.8. The molecule has 0 N–H and O–H groups in total. The molecule has 0 saturated heterocycles. The van der Waals surface area contributed by atoms with Crippen molar-refractivity contribution in [2.24, 2.45) is 0 Å². The number of benzene rings is 12. The van der Waals surface area contributed by atoms with Crippen molar-refractivity contribution in [1.82, 2.24) is 4.57 Å². The Bertz CT molecular complexity index is 4520. The molecule has 17 rings (SSSR count).